The Labute approximate surface area is 171 Å². The Hall–Kier alpha value is -1.56. The Morgan fingerprint density at radius 2 is 1.89 bits per heavy atom. The number of aromatic nitrogens is 2. The molecule has 0 atom stereocenters. The van der Waals surface area contributed by atoms with E-state index < -0.39 is 0 Å². The van der Waals surface area contributed by atoms with E-state index >= 15 is 0 Å². The number of hydrogen-bond donors (Lipinski definition) is 2. The van der Waals surface area contributed by atoms with E-state index in [-0.39, 0.29) is 0 Å². The summed E-state index contributed by atoms with van der Waals surface area (Å²) in [4.78, 5) is 10.9. The molecular formula is C20H27Cl2N5. The van der Waals surface area contributed by atoms with Gasteiger partial charge in [-0.15, -0.1) is 0 Å². The largest absolute Gasteiger partial charge is 0.363 e. The second kappa shape index (κ2) is 9.58. The number of hydrogen-bond acceptors (Lipinski definition) is 5. The molecule has 146 valence electrons. The molecule has 7 heteroatoms. The highest BCUT2D eigenvalue weighted by Crippen LogP contribution is 2.26. The molecule has 1 aromatic heterocycles. The van der Waals surface area contributed by atoms with Gasteiger partial charge < -0.3 is 15.5 Å². The fourth-order valence-electron chi connectivity index (χ4n) is 3.45. The van der Waals surface area contributed by atoms with Crippen LogP contribution < -0.4 is 15.5 Å². The van der Waals surface area contributed by atoms with Gasteiger partial charge in [0.25, 0.3) is 0 Å². The molecule has 27 heavy (non-hydrogen) atoms. The van der Waals surface area contributed by atoms with Gasteiger partial charge >= 0.3 is 0 Å². The van der Waals surface area contributed by atoms with Crippen LogP contribution in [0.5, 0.6) is 0 Å². The van der Waals surface area contributed by atoms with E-state index in [2.05, 4.69) is 20.6 Å². The van der Waals surface area contributed by atoms with Crippen molar-refractivity contribution in [1.29, 1.82) is 0 Å². The average molecular weight is 408 g/mol. The molecule has 1 saturated carbocycles. The molecule has 1 heterocycles. The van der Waals surface area contributed by atoms with Gasteiger partial charge in [0.1, 0.15) is 5.82 Å². The van der Waals surface area contributed by atoms with Gasteiger partial charge in [0, 0.05) is 42.9 Å². The lowest BCUT2D eigenvalue weighted by molar-refractivity contribution is 0.324. The van der Waals surface area contributed by atoms with Gasteiger partial charge in [-0.25, -0.2) is 4.98 Å². The minimum Gasteiger partial charge on any atom is -0.363 e. The Bertz CT molecular complexity index is 745. The van der Waals surface area contributed by atoms with E-state index in [9.17, 15) is 0 Å². The highest BCUT2D eigenvalue weighted by molar-refractivity contribution is 6.33. The molecule has 1 aliphatic rings. The zero-order valence-electron chi connectivity index (χ0n) is 15.9. The first-order chi connectivity index (χ1) is 13.0. The molecule has 0 unspecified atom stereocenters. The molecule has 1 aromatic carbocycles. The first-order valence-corrected chi connectivity index (χ1v) is 10.2. The van der Waals surface area contributed by atoms with E-state index in [1.54, 1.807) is 6.20 Å². The maximum atomic E-state index is 6.22. The third-order valence-corrected chi connectivity index (χ3v) is 5.64. The van der Waals surface area contributed by atoms with Gasteiger partial charge in [0.05, 0.1) is 0 Å². The maximum Gasteiger partial charge on any atom is 0.224 e. The minimum absolute atomic E-state index is 0.445. The van der Waals surface area contributed by atoms with Crippen LogP contribution >= 0.6 is 23.2 Å². The number of nitrogens with zero attached hydrogens (tertiary/aromatic N) is 3. The van der Waals surface area contributed by atoms with Crippen LogP contribution in [0.4, 0.5) is 11.8 Å². The molecule has 0 amide bonds. The van der Waals surface area contributed by atoms with E-state index in [4.69, 9.17) is 23.2 Å². The van der Waals surface area contributed by atoms with Crippen LogP contribution in [0.1, 0.15) is 31.2 Å². The van der Waals surface area contributed by atoms with Crippen LogP contribution in [0.3, 0.4) is 0 Å². The van der Waals surface area contributed by atoms with Gasteiger partial charge in [0.2, 0.25) is 5.95 Å². The van der Waals surface area contributed by atoms with Gasteiger partial charge in [-0.3, -0.25) is 0 Å². The van der Waals surface area contributed by atoms with E-state index in [0.29, 0.717) is 12.0 Å². The summed E-state index contributed by atoms with van der Waals surface area (Å²) in [6.07, 6.45) is 6.48. The quantitative estimate of drug-likeness (QED) is 0.701. The zero-order chi connectivity index (χ0) is 19.2. The number of benzene rings is 1. The van der Waals surface area contributed by atoms with Crippen LogP contribution in [0, 0.1) is 5.92 Å². The van der Waals surface area contributed by atoms with Crippen molar-refractivity contribution in [2.75, 3.05) is 30.9 Å². The Morgan fingerprint density at radius 3 is 2.63 bits per heavy atom. The Balaban J connectivity index is 1.41. The highest BCUT2D eigenvalue weighted by Gasteiger charge is 2.21. The summed E-state index contributed by atoms with van der Waals surface area (Å²) in [6, 6.07) is 7.96. The summed E-state index contributed by atoms with van der Waals surface area (Å²) in [6.45, 7) is 1.75. The lowest BCUT2D eigenvalue weighted by Crippen LogP contribution is -2.31. The van der Waals surface area contributed by atoms with Crippen molar-refractivity contribution < 1.29 is 0 Å². The minimum atomic E-state index is 0.445. The predicted molar refractivity (Wildman–Crippen MR) is 114 cm³/mol. The molecule has 1 aliphatic carbocycles. The fraction of sp³-hybridized carbons (Fsp3) is 0.500. The monoisotopic (exact) mass is 407 g/mol. The molecule has 1 fully saturated rings. The molecule has 3 rings (SSSR count). The SMILES string of the molecule is CN(C)c1ccnc(N[C@H]2CC[C@@H](CNCc3cc(Cl)ccc3Cl)CC2)n1. The number of halogens is 2. The Kier molecular flexibility index (Phi) is 7.16. The van der Waals surface area contributed by atoms with Crippen molar-refractivity contribution in [3.8, 4) is 0 Å². The number of rotatable bonds is 7. The van der Waals surface area contributed by atoms with Gasteiger partial charge in [0.15, 0.2) is 0 Å². The summed E-state index contributed by atoms with van der Waals surface area (Å²) < 4.78 is 0. The number of nitrogens with one attached hydrogen (secondary N) is 2. The third kappa shape index (κ3) is 5.96. The average Bonchev–Trinajstić information content (AvgIpc) is 2.66. The highest BCUT2D eigenvalue weighted by atomic mass is 35.5. The molecule has 0 radical (unpaired) electrons. The van der Waals surface area contributed by atoms with Crippen LogP contribution in [0.2, 0.25) is 10.0 Å². The van der Waals surface area contributed by atoms with Crippen molar-refractivity contribution in [3.05, 3.63) is 46.1 Å². The van der Waals surface area contributed by atoms with Crippen LogP contribution in [-0.4, -0.2) is 36.6 Å². The lowest BCUT2D eigenvalue weighted by atomic mass is 9.86. The standard InChI is InChI=1S/C20H27Cl2N5/c1-27(2)19-9-10-24-20(26-19)25-17-6-3-14(4-7-17)12-23-13-15-11-16(21)5-8-18(15)22/h5,8-11,14,17,23H,3-4,6-7,12-13H2,1-2H3,(H,24,25,26)/t14-,17+. The van der Waals surface area contributed by atoms with Crippen LogP contribution in [0.25, 0.3) is 0 Å². The summed E-state index contributed by atoms with van der Waals surface area (Å²) in [7, 11) is 3.97. The first kappa shape index (κ1) is 20.2. The van der Waals surface area contributed by atoms with Crippen molar-refractivity contribution in [3.63, 3.8) is 0 Å². The molecule has 2 N–H and O–H groups in total. The molecule has 5 nitrogen and oxygen atoms in total. The third-order valence-electron chi connectivity index (χ3n) is 5.04. The zero-order valence-corrected chi connectivity index (χ0v) is 17.4. The molecule has 0 saturated heterocycles. The van der Waals surface area contributed by atoms with Crippen molar-refractivity contribution >= 4 is 35.0 Å². The van der Waals surface area contributed by atoms with Gasteiger partial charge in [-0.2, -0.15) is 4.98 Å². The second-order valence-electron chi connectivity index (χ2n) is 7.36. The topological polar surface area (TPSA) is 53.1 Å². The van der Waals surface area contributed by atoms with Crippen molar-refractivity contribution in [1.82, 2.24) is 15.3 Å². The van der Waals surface area contributed by atoms with E-state index in [1.807, 2.05) is 43.3 Å². The molecule has 2 aromatic rings. The molecular weight excluding hydrogens is 381 g/mol. The van der Waals surface area contributed by atoms with Crippen molar-refractivity contribution in [2.45, 2.75) is 38.3 Å². The molecule has 0 bridgehead atoms. The molecule has 0 spiro atoms. The summed E-state index contributed by atoms with van der Waals surface area (Å²) in [5.74, 6) is 2.33. The van der Waals surface area contributed by atoms with E-state index in [1.165, 1.54) is 12.8 Å². The fourth-order valence-corrected chi connectivity index (χ4v) is 3.83. The summed E-state index contributed by atoms with van der Waals surface area (Å²) >= 11 is 12.3. The van der Waals surface area contributed by atoms with Crippen LogP contribution in [-0.2, 0) is 6.54 Å². The summed E-state index contributed by atoms with van der Waals surface area (Å²) in [5, 5.41) is 8.51. The van der Waals surface area contributed by atoms with Crippen molar-refractivity contribution in [2.24, 2.45) is 5.92 Å². The first-order valence-electron chi connectivity index (χ1n) is 9.43. The molecule has 0 aliphatic heterocycles. The van der Waals surface area contributed by atoms with Crippen LogP contribution in [0.15, 0.2) is 30.5 Å². The lowest BCUT2D eigenvalue weighted by Gasteiger charge is -2.29. The number of anilines is 2. The second-order valence-corrected chi connectivity index (χ2v) is 8.21. The van der Waals surface area contributed by atoms with Gasteiger partial charge in [-0.1, -0.05) is 23.2 Å². The Morgan fingerprint density at radius 1 is 1.11 bits per heavy atom. The van der Waals surface area contributed by atoms with E-state index in [0.717, 1.165) is 53.3 Å². The smallest absolute Gasteiger partial charge is 0.224 e. The predicted octanol–water partition coefficient (Wildman–Crippen LogP) is 4.61. The summed E-state index contributed by atoms with van der Waals surface area (Å²) in [5.41, 5.74) is 1.05. The normalized spacial score (nSPS) is 19.7. The maximum absolute atomic E-state index is 6.22. The van der Waals surface area contributed by atoms with Gasteiger partial charge in [-0.05, 0) is 68.0 Å².